The summed E-state index contributed by atoms with van der Waals surface area (Å²) < 4.78 is 5.37. The van der Waals surface area contributed by atoms with Crippen LogP contribution in [0, 0.1) is 5.92 Å². The van der Waals surface area contributed by atoms with Gasteiger partial charge in [0, 0.05) is 5.92 Å². The number of alkyl carbamates (subject to hydrolysis) is 1. The number of fused-ring (bicyclic) bond motifs is 3. The molecule has 1 N–H and O–H groups in total. The molecule has 0 radical (unpaired) electrons. The van der Waals surface area contributed by atoms with E-state index in [1.54, 1.807) is 6.92 Å². The zero-order chi connectivity index (χ0) is 18.7. The Hall–Kier alpha value is -2.82. The normalized spacial score (nSPS) is 14.8. The smallest absolute Gasteiger partial charge is 0.407 e. The first kappa shape index (κ1) is 18.0. The van der Waals surface area contributed by atoms with Crippen LogP contribution in [0.25, 0.3) is 11.1 Å². The Labute approximate surface area is 153 Å². The van der Waals surface area contributed by atoms with Crippen LogP contribution in [0.4, 0.5) is 4.79 Å². The van der Waals surface area contributed by atoms with E-state index in [1.807, 2.05) is 43.3 Å². The number of rotatable bonds is 6. The van der Waals surface area contributed by atoms with E-state index < -0.39 is 18.1 Å². The maximum atomic E-state index is 12.1. The summed E-state index contributed by atoms with van der Waals surface area (Å²) in [6.07, 6.45) is -0.121. The molecule has 0 aromatic heterocycles. The second-order valence-electron chi connectivity index (χ2n) is 6.65. The number of hydrogen-bond acceptors (Lipinski definition) is 4. The molecule has 26 heavy (non-hydrogen) atoms. The summed E-state index contributed by atoms with van der Waals surface area (Å²) in [6, 6.07) is 15.0. The lowest BCUT2D eigenvalue weighted by atomic mass is 9.98. The average Bonchev–Trinajstić information content (AvgIpc) is 2.97. The monoisotopic (exact) mass is 352 g/mol. The van der Waals surface area contributed by atoms with E-state index in [2.05, 4.69) is 17.4 Å². The molecular formula is C21H22NO4-. The van der Waals surface area contributed by atoms with Crippen molar-refractivity contribution in [1.29, 1.82) is 0 Å². The second kappa shape index (κ2) is 7.60. The van der Waals surface area contributed by atoms with Gasteiger partial charge in [0.05, 0.1) is 12.0 Å². The zero-order valence-electron chi connectivity index (χ0n) is 14.9. The lowest BCUT2D eigenvalue weighted by Gasteiger charge is -2.25. The van der Waals surface area contributed by atoms with Crippen LogP contribution in [0.3, 0.4) is 0 Å². The van der Waals surface area contributed by atoms with Gasteiger partial charge in [0.25, 0.3) is 0 Å². The molecule has 2 atom stereocenters. The van der Waals surface area contributed by atoms with Crippen molar-refractivity contribution in [3.8, 4) is 11.1 Å². The van der Waals surface area contributed by atoms with Crippen molar-refractivity contribution in [2.45, 2.75) is 32.2 Å². The number of carbonyl (C=O) groups is 2. The van der Waals surface area contributed by atoms with E-state index in [-0.39, 0.29) is 18.4 Å². The molecular weight excluding hydrogens is 330 g/mol. The van der Waals surface area contributed by atoms with Crippen molar-refractivity contribution >= 4 is 12.1 Å². The molecule has 0 spiro atoms. The standard InChI is InChI=1S/C21H23NO4/c1-3-13(2)19(20(23)24)22-21(25)26-12-18-16-10-6-4-8-14(16)15-9-5-7-11-17(15)18/h4-11,13,18-19H,3,12H2,1-2H3,(H,22,25)(H,23,24)/p-1. The van der Waals surface area contributed by atoms with Crippen molar-refractivity contribution in [1.82, 2.24) is 5.32 Å². The summed E-state index contributed by atoms with van der Waals surface area (Å²) in [5, 5.41) is 13.7. The predicted molar refractivity (Wildman–Crippen MR) is 96.5 cm³/mol. The minimum atomic E-state index is -1.30. The molecule has 136 valence electrons. The second-order valence-corrected chi connectivity index (χ2v) is 6.65. The van der Waals surface area contributed by atoms with Gasteiger partial charge in [0.1, 0.15) is 6.61 Å². The number of carboxylic acid groups (broad SMARTS) is 1. The molecule has 0 saturated carbocycles. The fourth-order valence-corrected chi connectivity index (χ4v) is 3.44. The van der Waals surface area contributed by atoms with Crippen molar-refractivity contribution in [3.05, 3.63) is 59.7 Å². The van der Waals surface area contributed by atoms with Crippen molar-refractivity contribution in [2.75, 3.05) is 6.61 Å². The highest BCUT2D eigenvalue weighted by molar-refractivity contribution is 5.80. The number of benzene rings is 2. The number of carboxylic acids is 1. The molecule has 0 fully saturated rings. The minimum absolute atomic E-state index is 0.0573. The summed E-state index contributed by atoms with van der Waals surface area (Å²) in [4.78, 5) is 23.4. The minimum Gasteiger partial charge on any atom is -0.548 e. The summed E-state index contributed by atoms with van der Waals surface area (Å²) >= 11 is 0. The number of hydrogen-bond donors (Lipinski definition) is 1. The topological polar surface area (TPSA) is 78.5 Å². The summed E-state index contributed by atoms with van der Waals surface area (Å²) in [5.41, 5.74) is 4.51. The van der Waals surface area contributed by atoms with Crippen molar-refractivity contribution in [3.63, 3.8) is 0 Å². The Morgan fingerprint density at radius 2 is 1.62 bits per heavy atom. The highest BCUT2D eigenvalue weighted by Crippen LogP contribution is 2.44. The number of amides is 1. The van der Waals surface area contributed by atoms with E-state index >= 15 is 0 Å². The quantitative estimate of drug-likeness (QED) is 0.867. The van der Waals surface area contributed by atoms with Gasteiger partial charge in [-0.2, -0.15) is 0 Å². The third-order valence-electron chi connectivity index (χ3n) is 5.08. The molecule has 2 aromatic rings. The third kappa shape index (κ3) is 3.43. The Kier molecular flexibility index (Phi) is 5.26. The highest BCUT2D eigenvalue weighted by Gasteiger charge is 2.29. The highest BCUT2D eigenvalue weighted by atomic mass is 16.5. The summed E-state index contributed by atoms with van der Waals surface area (Å²) in [5.74, 6) is -1.59. The van der Waals surface area contributed by atoms with Crippen LogP contribution in [-0.2, 0) is 9.53 Å². The number of carbonyl (C=O) groups excluding carboxylic acids is 2. The Bertz CT molecular complexity index is 772. The SMILES string of the molecule is CCC(C)C(NC(=O)OCC1c2ccccc2-c2ccccc21)C(=O)[O-]. The number of ether oxygens (including phenoxy) is 1. The molecule has 0 saturated heterocycles. The predicted octanol–water partition coefficient (Wildman–Crippen LogP) is 2.69. The van der Waals surface area contributed by atoms with Gasteiger partial charge in [-0.15, -0.1) is 0 Å². The van der Waals surface area contributed by atoms with Gasteiger partial charge in [0.15, 0.2) is 0 Å². The average molecular weight is 352 g/mol. The largest absolute Gasteiger partial charge is 0.548 e. The Morgan fingerprint density at radius 3 is 2.12 bits per heavy atom. The fourth-order valence-electron chi connectivity index (χ4n) is 3.44. The van der Waals surface area contributed by atoms with E-state index in [0.717, 1.165) is 22.3 Å². The van der Waals surface area contributed by atoms with Crippen LogP contribution in [0.5, 0.6) is 0 Å². The molecule has 1 amide bonds. The molecule has 1 aliphatic rings. The van der Waals surface area contributed by atoms with Gasteiger partial charge < -0.3 is 20.0 Å². The third-order valence-corrected chi connectivity index (χ3v) is 5.08. The van der Waals surface area contributed by atoms with Gasteiger partial charge in [-0.05, 0) is 28.2 Å². The van der Waals surface area contributed by atoms with E-state index in [0.29, 0.717) is 6.42 Å². The number of aliphatic carboxylic acids is 1. The van der Waals surface area contributed by atoms with E-state index in [1.165, 1.54) is 0 Å². The van der Waals surface area contributed by atoms with Gasteiger partial charge in [-0.25, -0.2) is 4.79 Å². The van der Waals surface area contributed by atoms with Gasteiger partial charge >= 0.3 is 6.09 Å². The Balaban J connectivity index is 1.72. The molecule has 0 heterocycles. The molecule has 5 heteroatoms. The maximum absolute atomic E-state index is 12.1. The first-order valence-electron chi connectivity index (χ1n) is 8.85. The molecule has 0 aliphatic heterocycles. The molecule has 0 bridgehead atoms. The van der Waals surface area contributed by atoms with Crippen molar-refractivity contribution < 1.29 is 19.4 Å². The van der Waals surface area contributed by atoms with Crippen LogP contribution in [0.15, 0.2) is 48.5 Å². The van der Waals surface area contributed by atoms with Crippen LogP contribution in [0.1, 0.15) is 37.3 Å². The van der Waals surface area contributed by atoms with Gasteiger partial charge in [0.2, 0.25) is 0 Å². The van der Waals surface area contributed by atoms with E-state index in [4.69, 9.17) is 4.74 Å². The van der Waals surface area contributed by atoms with Crippen LogP contribution < -0.4 is 10.4 Å². The van der Waals surface area contributed by atoms with Crippen LogP contribution in [0.2, 0.25) is 0 Å². The molecule has 2 aromatic carbocycles. The van der Waals surface area contributed by atoms with E-state index in [9.17, 15) is 14.7 Å². The molecule has 2 unspecified atom stereocenters. The van der Waals surface area contributed by atoms with Crippen molar-refractivity contribution in [2.24, 2.45) is 5.92 Å². The lowest BCUT2D eigenvalue weighted by molar-refractivity contribution is -0.309. The molecule has 5 nitrogen and oxygen atoms in total. The van der Waals surface area contributed by atoms with Gasteiger partial charge in [-0.3, -0.25) is 0 Å². The Morgan fingerprint density at radius 1 is 1.08 bits per heavy atom. The fraction of sp³-hybridized carbons (Fsp3) is 0.333. The summed E-state index contributed by atoms with van der Waals surface area (Å²) in [7, 11) is 0. The molecule has 1 aliphatic carbocycles. The van der Waals surface area contributed by atoms with Gasteiger partial charge in [-0.1, -0.05) is 68.8 Å². The summed E-state index contributed by atoms with van der Waals surface area (Å²) in [6.45, 7) is 3.77. The zero-order valence-corrected chi connectivity index (χ0v) is 14.9. The molecule has 3 rings (SSSR count). The maximum Gasteiger partial charge on any atom is 0.407 e. The number of nitrogens with one attached hydrogen (secondary N) is 1. The van der Waals surface area contributed by atoms with Crippen LogP contribution in [-0.4, -0.2) is 24.7 Å². The first-order valence-corrected chi connectivity index (χ1v) is 8.85. The first-order chi connectivity index (χ1) is 12.5. The lowest BCUT2D eigenvalue weighted by Crippen LogP contribution is -2.51. The van der Waals surface area contributed by atoms with Crippen LogP contribution >= 0.6 is 0 Å².